The van der Waals surface area contributed by atoms with Crippen LogP contribution >= 0.6 is 0 Å². The molecule has 0 aliphatic carbocycles. The molecule has 0 heterocycles. The molecule has 0 amide bonds. The molecule has 0 radical (unpaired) electrons. The van der Waals surface area contributed by atoms with Crippen molar-refractivity contribution < 1.29 is 14.3 Å². The molecule has 0 saturated heterocycles. The van der Waals surface area contributed by atoms with Gasteiger partial charge in [-0.2, -0.15) is 5.26 Å². The highest BCUT2D eigenvalue weighted by molar-refractivity contribution is 5.93. The third-order valence-corrected chi connectivity index (χ3v) is 0.737. The van der Waals surface area contributed by atoms with Crippen LogP contribution in [0.25, 0.3) is 0 Å². The summed E-state index contributed by atoms with van der Waals surface area (Å²) in [5.74, 6) is -0.977. The quantitative estimate of drug-likeness (QED) is 0.190. The van der Waals surface area contributed by atoms with Gasteiger partial charge in [0.25, 0.3) is 0 Å². The smallest absolute Gasteiger partial charge is 0.366 e. The van der Waals surface area contributed by atoms with Gasteiger partial charge in [-0.25, -0.2) is 4.79 Å². The lowest BCUT2D eigenvalue weighted by Crippen LogP contribution is -2.02. The summed E-state index contributed by atoms with van der Waals surface area (Å²) in [6.45, 7) is 0. The molecule has 0 aliphatic rings. The van der Waals surface area contributed by atoms with Gasteiger partial charge in [0.15, 0.2) is 5.57 Å². The van der Waals surface area contributed by atoms with Crippen molar-refractivity contribution in [1.29, 1.82) is 5.26 Å². The van der Waals surface area contributed by atoms with Crippen LogP contribution in [0.1, 0.15) is 0 Å². The molecule has 0 fully saturated rings. The maximum Gasteiger partial charge on any atom is 0.366 e. The molecule has 0 atom stereocenters. The normalized spacial score (nSPS) is 8.58. The Bertz CT molecular complexity index is 322. The van der Waals surface area contributed by atoms with Gasteiger partial charge in [-0.05, 0) is 0 Å². The van der Waals surface area contributed by atoms with Crippen LogP contribution in [0, 0.1) is 36.4 Å². The maximum absolute atomic E-state index is 10.7. The molecule has 0 aliphatic heterocycles. The summed E-state index contributed by atoms with van der Waals surface area (Å²) in [6, 6.07) is 1.49. The minimum atomic E-state index is -0.977. The molecule has 58 valence electrons. The minimum Gasteiger partial charge on any atom is -0.414 e. The van der Waals surface area contributed by atoms with Crippen molar-refractivity contribution in [3.63, 3.8) is 0 Å². The van der Waals surface area contributed by atoms with Crippen molar-refractivity contribution >= 4 is 5.97 Å². The molecule has 0 aromatic rings. The van der Waals surface area contributed by atoms with E-state index in [4.69, 9.17) is 5.26 Å². The Balaban J connectivity index is 4.41. The number of hydrogen-bond acceptors (Lipinski definition) is 4. The van der Waals surface area contributed by atoms with Gasteiger partial charge in [-0.1, -0.05) is 12.8 Å². The molecular formula is C8H3NO3. The van der Waals surface area contributed by atoms with Crippen LogP contribution in [0.15, 0.2) is 11.8 Å². The van der Waals surface area contributed by atoms with Gasteiger partial charge in [0.2, 0.25) is 0 Å². The number of esters is 1. The zero-order valence-electron chi connectivity index (χ0n) is 5.90. The number of rotatable bonds is 2. The van der Waals surface area contributed by atoms with Crippen LogP contribution in [0.2, 0.25) is 0 Å². The van der Waals surface area contributed by atoms with Gasteiger partial charge in [0.1, 0.15) is 24.5 Å². The van der Waals surface area contributed by atoms with Crippen LogP contribution in [0.5, 0.6) is 0 Å². The monoisotopic (exact) mass is 161 g/mol. The Labute approximate surface area is 69.4 Å². The predicted molar refractivity (Wildman–Crippen MR) is 38.5 cm³/mol. The van der Waals surface area contributed by atoms with Crippen LogP contribution in [0.4, 0.5) is 0 Å². The van der Waals surface area contributed by atoms with Gasteiger partial charge >= 0.3 is 5.97 Å². The number of carbonyl (C=O) groups is 1. The fraction of sp³-hybridized carbons (Fsp3) is 0. The van der Waals surface area contributed by atoms with E-state index in [0.29, 0.717) is 0 Å². The first-order valence-electron chi connectivity index (χ1n) is 2.64. The van der Waals surface area contributed by atoms with E-state index in [2.05, 4.69) is 22.3 Å². The van der Waals surface area contributed by atoms with Crippen molar-refractivity contribution in [1.82, 2.24) is 0 Å². The van der Waals surface area contributed by atoms with Crippen LogP contribution < -0.4 is 0 Å². The van der Waals surface area contributed by atoms with E-state index in [9.17, 15) is 4.79 Å². The number of nitrogens with zero attached hydrogens (tertiary/aromatic N) is 1. The summed E-state index contributed by atoms with van der Waals surface area (Å²) in [5.41, 5.74) is -0.397. The lowest BCUT2D eigenvalue weighted by atomic mass is 10.3. The van der Waals surface area contributed by atoms with E-state index < -0.39 is 11.5 Å². The summed E-state index contributed by atoms with van der Waals surface area (Å²) >= 11 is 0. The summed E-state index contributed by atoms with van der Waals surface area (Å²) in [6.07, 6.45) is 13.5. The van der Waals surface area contributed by atoms with E-state index in [-0.39, 0.29) is 0 Å². The minimum absolute atomic E-state index is 0.397. The summed E-state index contributed by atoms with van der Waals surface area (Å²) < 4.78 is 8.27. The number of terminal acetylenes is 2. The molecular weight excluding hydrogens is 158 g/mol. The average Bonchev–Trinajstić information content (AvgIpc) is 2.06. The topological polar surface area (TPSA) is 59.3 Å². The number of hydrogen-bond donors (Lipinski definition) is 0. The first-order chi connectivity index (χ1) is 5.76. The van der Waals surface area contributed by atoms with E-state index >= 15 is 0 Å². The second-order valence-electron chi connectivity index (χ2n) is 1.39. The molecule has 0 rings (SSSR count). The van der Waals surface area contributed by atoms with Gasteiger partial charge in [-0.3, -0.25) is 0 Å². The molecule has 0 bridgehead atoms. The Morgan fingerprint density at radius 1 is 1.42 bits per heavy atom. The summed E-state index contributed by atoms with van der Waals surface area (Å²) in [7, 11) is 0. The van der Waals surface area contributed by atoms with E-state index in [1.54, 1.807) is 12.2 Å². The molecule has 0 spiro atoms. The second kappa shape index (κ2) is 5.41. The molecule has 4 heteroatoms. The maximum atomic E-state index is 10.7. The number of nitriles is 1. The van der Waals surface area contributed by atoms with Crippen molar-refractivity contribution in [2.75, 3.05) is 0 Å². The highest BCUT2D eigenvalue weighted by Gasteiger charge is 2.09. The second-order valence-corrected chi connectivity index (χ2v) is 1.39. The van der Waals surface area contributed by atoms with Crippen molar-refractivity contribution in [3.05, 3.63) is 11.8 Å². The Morgan fingerprint density at radius 3 is 2.50 bits per heavy atom. The van der Waals surface area contributed by atoms with Crippen LogP contribution in [-0.2, 0) is 14.3 Å². The molecule has 4 nitrogen and oxygen atoms in total. The largest absolute Gasteiger partial charge is 0.414 e. The number of ether oxygens (including phenoxy) is 2. The zero-order chi connectivity index (χ0) is 9.40. The van der Waals surface area contributed by atoms with E-state index in [0.717, 1.165) is 6.26 Å². The fourth-order valence-corrected chi connectivity index (χ4v) is 0.322. The molecule has 0 aromatic heterocycles. The Morgan fingerprint density at radius 2 is 2.08 bits per heavy atom. The van der Waals surface area contributed by atoms with Gasteiger partial charge in [0, 0.05) is 0 Å². The zero-order valence-corrected chi connectivity index (χ0v) is 5.90. The highest BCUT2D eigenvalue weighted by Crippen LogP contribution is 1.95. The van der Waals surface area contributed by atoms with Crippen molar-refractivity contribution in [2.45, 2.75) is 0 Å². The lowest BCUT2D eigenvalue weighted by Gasteiger charge is -1.91. The summed E-state index contributed by atoms with van der Waals surface area (Å²) in [5, 5.41) is 8.31. The van der Waals surface area contributed by atoms with Gasteiger partial charge in [0.05, 0.1) is 0 Å². The van der Waals surface area contributed by atoms with Gasteiger partial charge in [-0.15, -0.1) is 0 Å². The molecule has 0 saturated carbocycles. The summed E-state index contributed by atoms with van der Waals surface area (Å²) in [4.78, 5) is 10.7. The van der Waals surface area contributed by atoms with Crippen LogP contribution in [-0.4, -0.2) is 5.97 Å². The van der Waals surface area contributed by atoms with Crippen molar-refractivity contribution in [3.8, 4) is 31.1 Å². The Hall–Kier alpha value is -2.38. The fourth-order valence-electron chi connectivity index (χ4n) is 0.322. The molecule has 0 aromatic carbocycles. The van der Waals surface area contributed by atoms with E-state index in [1.807, 2.05) is 0 Å². The SMILES string of the molecule is C#COC=C(C#N)C(=O)OC#C. The third kappa shape index (κ3) is 2.96. The highest BCUT2D eigenvalue weighted by atomic mass is 16.5. The van der Waals surface area contributed by atoms with E-state index in [1.165, 1.54) is 6.07 Å². The molecule has 12 heavy (non-hydrogen) atoms. The Kier molecular flexibility index (Phi) is 4.34. The predicted octanol–water partition coefficient (Wildman–Crippen LogP) is 0.135. The molecule has 0 N–H and O–H groups in total. The standard InChI is InChI=1S/C8H3NO3/c1-3-11-6-7(5-9)8(10)12-4-2/h1-2,6H. The molecule has 0 unspecified atom stereocenters. The number of carbonyl (C=O) groups excluding carboxylic acids is 1. The average molecular weight is 161 g/mol. The first kappa shape index (κ1) is 9.62. The van der Waals surface area contributed by atoms with Crippen molar-refractivity contribution in [2.24, 2.45) is 0 Å². The first-order valence-corrected chi connectivity index (χ1v) is 2.64. The van der Waals surface area contributed by atoms with Gasteiger partial charge < -0.3 is 9.47 Å². The lowest BCUT2D eigenvalue weighted by molar-refractivity contribution is -0.132. The third-order valence-electron chi connectivity index (χ3n) is 0.737. The van der Waals surface area contributed by atoms with Crippen LogP contribution in [0.3, 0.4) is 0 Å².